The van der Waals surface area contributed by atoms with Gasteiger partial charge in [0.1, 0.15) is 4.90 Å². The number of carboxylic acids is 1. The van der Waals surface area contributed by atoms with E-state index in [1.54, 1.807) is 18.2 Å². The summed E-state index contributed by atoms with van der Waals surface area (Å²) in [4.78, 5) is 23.5. The number of carboxylic acid groups (broad SMARTS) is 1. The van der Waals surface area contributed by atoms with Gasteiger partial charge < -0.3 is 5.11 Å². The molecule has 0 bridgehead atoms. The minimum Gasteiger partial charge on any atom is -0.481 e. The zero-order chi connectivity index (χ0) is 18.5. The van der Waals surface area contributed by atoms with E-state index < -0.39 is 16.8 Å². The fourth-order valence-electron chi connectivity index (χ4n) is 3.38. The standard InChI is InChI=1S/C19H20N2O4S/c22-19(23)18(14-8-2-1-3-9-14)16-11-6-7-13-20(16)26-17-12-5-4-10-15(17)21(24)25/h1-5,8-10,12,16,18H,6-7,11,13H2,(H,22,23)/t16-,18-/m1/s1. The van der Waals surface area contributed by atoms with Gasteiger partial charge in [0.05, 0.1) is 10.8 Å². The second-order valence-electron chi connectivity index (χ2n) is 6.25. The van der Waals surface area contributed by atoms with Crippen molar-refractivity contribution in [3.05, 3.63) is 70.3 Å². The number of nitro benzene ring substituents is 1. The van der Waals surface area contributed by atoms with Crippen LogP contribution in [-0.2, 0) is 4.79 Å². The van der Waals surface area contributed by atoms with Gasteiger partial charge >= 0.3 is 5.97 Å². The Morgan fingerprint density at radius 3 is 2.54 bits per heavy atom. The first kappa shape index (κ1) is 18.4. The topological polar surface area (TPSA) is 83.7 Å². The SMILES string of the molecule is O=C(O)[C@H](c1ccccc1)[C@H]1CCCCN1Sc1ccccc1[N+](=O)[O-]. The first-order chi connectivity index (χ1) is 12.6. The summed E-state index contributed by atoms with van der Waals surface area (Å²) in [5.41, 5.74) is 0.813. The molecule has 2 aromatic carbocycles. The minimum absolute atomic E-state index is 0.0495. The molecule has 1 aliphatic heterocycles. The lowest BCUT2D eigenvalue weighted by atomic mass is 9.86. The molecule has 0 amide bonds. The number of hydrogen-bond donors (Lipinski definition) is 1. The summed E-state index contributed by atoms with van der Waals surface area (Å²) in [7, 11) is 0. The molecule has 0 saturated carbocycles. The Morgan fingerprint density at radius 1 is 1.15 bits per heavy atom. The van der Waals surface area contributed by atoms with E-state index in [9.17, 15) is 20.0 Å². The highest BCUT2D eigenvalue weighted by Gasteiger charge is 2.36. The molecule has 1 heterocycles. The Bertz CT molecular complexity index is 784. The van der Waals surface area contributed by atoms with Crippen LogP contribution in [0.3, 0.4) is 0 Å². The predicted octanol–water partition coefficient (Wildman–Crippen LogP) is 4.32. The van der Waals surface area contributed by atoms with E-state index >= 15 is 0 Å². The molecular weight excluding hydrogens is 352 g/mol. The van der Waals surface area contributed by atoms with Crippen LogP contribution in [0.1, 0.15) is 30.7 Å². The van der Waals surface area contributed by atoms with Crippen molar-refractivity contribution >= 4 is 23.6 Å². The Balaban J connectivity index is 1.90. The molecule has 1 fully saturated rings. The number of nitrogens with zero attached hydrogens (tertiary/aromatic N) is 2. The molecule has 6 nitrogen and oxygen atoms in total. The number of para-hydroxylation sites is 1. The van der Waals surface area contributed by atoms with Gasteiger partial charge in [0.25, 0.3) is 5.69 Å². The number of carbonyl (C=O) groups is 1. The molecule has 1 N–H and O–H groups in total. The van der Waals surface area contributed by atoms with Crippen LogP contribution in [0.15, 0.2) is 59.5 Å². The van der Waals surface area contributed by atoms with Crippen LogP contribution in [0, 0.1) is 10.1 Å². The monoisotopic (exact) mass is 372 g/mol. The van der Waals surface area contributed by atoms with Crippen molar-refractivity contribution in [1.29, 1.82) is 0 Å². The Morgan fingerprint density at radius 2 is 1.85 bits per heavy atom. The van der Waals surface area contributed by atoms with Gasteiger partial charge in [-0.15, -0.1) is 0 Å². The van der Waals surface area contributed by atoms with Gasteiger partial charge in [0.2, 0.25) is 0 Å². The van der Waals surface area contributed by atoms with Gasteiger partial charge in [-0.2, -0.15) is 0 Å². The molecule has 2 aromatic rings. The molecule has 1 saturated heterocycles. The van der Waals surface area contributed by atoms with Crippen molar-refractivity contribution in [2.45, 2.75) is 36.1 Å². The smallest absolute Gasteiger partial charge is 0.312 e. The van der Waals surface area contributed by atoms with Gasteiger partial charge in [-0.05, 0) is 36.4 Å². The summed E-state index contributed by atoms with van der Waals surface area (Å²) < 4.78 is 2.01. The van der Waals surface area contributed by atoms with Gasteiger partial charge in [-0.3, -0.25) is 14.9 Å². The summed E-state index contributed by atoms with van der Waals surface area (Å²) in [6, 6.07) is 15.6. The number of piperidine rings is 1. The van der Waals surface area contributed by atoms with E-state index in [1.165, 1.54) is 18.0 Å². The molecule has 7 heteroatoms. The molecule has 1 aliphatic rings. The molecular formula is C19H20N2O4S. The number of nitro groups is 1. The van der Waals surface area contributed by atoms with Crippen molar-refractivity contribution in [2.75, 3.05) is 6.54 Å². The first-order valence-electron chi connectivity index (χ1n) is 8.53. The van der Waals surface area contributed by atoms with E-state index in [0.717, 1.165) is 24.8 Å². The van der Waals surface area contributed by atoms with E-state index in [4.69, 9.17) is 0 Å². The first-order valence-corrected chi connectivity index (χ1v) is 9.31. The molecule has 2 atom stereocenters. The van der Waals surface area contributed by atoms with Crippen LogP contribution < -0.4 is 0 Å². The van der Waals surface area contributed by atoms with Crippen molar-refractivity contribution < 1.29 is 14.8 Å². The number of hydrogen-bond acceptors (Lipinski definition) is 5. The van der Waals surface area contributed by atoms with Crippen LogP contribution in [0.2, 0.25) is 0 Å². The summed E-state index contributed by atoms with van der Waals surface area (Å²) in [5, 5.41) is 21.1. The zero-order valence-corrected chi connectivity index (χ0v) is 15.0. The normalized spacial score (nSPS) is 19.0. The molecule has 26 heavy (non-hydrogen) atoms. The van der Waals surface area contributed by atoms with Crippen molar-refractivity contribution in [3.8, 4) is 0 Å². The Kier molecular flexibility index (Phi) is 5.90. The van der Waals surface area contributed by atoms with Crippen LogP contribution in [-0.4, -0.2) is 32.9 Å². The van der Waals surface area contributed by atoms with Crippen LogP contribution in [0.4, 0.5) is 5.69 Å². The maximum absolute atomic E-state index is 12.0. The van der Waals surface area contributed by atoms with Gasteiger partial charge in [-0.1, -0.05) is 48.9 Å². The average Bonchev–Trinajstić information content (AvgIpc) is 2.64. The van der Waals surface area contributed by atoms with E-state index in [0.29, 0.717) is 11.4 Å². The molecule has 136 valence electrons. The van der Waals surface area contributed by atoms with Crippen LogP contribution >= 0.6 is 11.9 Å². The summed E-state index contributed by atoms with van der Waals surface area (Å²) in [6.07, 6.45) is 2.65. The third kappa shape index (κ3) is 4.05. The van der Waals surface area contributed by atoms with Crippen molar-refractivity contribution in [3.63, 3.8) is 0 Å². The maximum atomic E-state index is 12.0. The molecule has 0 unspecified atom stereocenters. The fraction of sp³-hybridized carbons (Fsp3) is 0.316. The second-order valence-corrected chi connectivity index (χ2v) is 7.34. The Labute approximate surface area is 156 Å². The highest BCUT2D eigenvalue weighted by Crippen LogP contribution is 2.39. The zero-order valence-electron chi connectivity index (χ0n) is 14.2. The summed E-state index contributed by atoms with van der Waals surface area (Å²) in [5.74, 6) is -1.52. The van der Waals surface area contributed by atoms with Gasteiger partial charge in [0, 0.05) is 18.7 Å². The number of aliphatic carboxylic acids is 1. The van der Waals surface area contributed by atoms with E-state index in [1.807, 2.05) is 34.6 Å². The molecule has 0 aromatic heterocycles. The lowest BCUT2D eigenvalue weighted by Gasteiger charge is -2.37. The van der Waals surface area contributed by atoms with Gasteiger partial charge in [-0.25, -0.2) is 4.31 Å². The number of rotatable bonds is 6. The highest BCUT2D eigenvalue weighted by atomic mass is 32.2. The maximum Gasteiger partial charge on any atom is 0.312 e. The lowest BCUT2D eigenvalue weighted by molar-refractivity contribution is -0.387. The predicted molar refractivity (Wildman–Crippen MR) is 100 cm³/mol. The molecule has 0 radical (unpaired) electrons. The molecule has 0 aliphatic carbocycles. The van der Waals surface area contributed by atoms with E-state index in [2.05, 4.69) is 0 Å². The minimum atomic E-state index is -0.865. The lowest BCUT2D eigenvalue weighted by Crippen LogP contribution is -2.41. The average molecular weight is 372 g/mol. The van der Waals surface area contributed by atoms with Gasteiger partial charge in [0.15, 0.2) is 0 Å². The van der Waals surface area contributed by atoms with Crippen LogP contribution in [0.25, 0.3) is 0 Å². The third-order valence-electron chi connectivity index (χ3n) is 4.59. The van der Waals surface area contributed by atoms with Crippen molar-refractivity contribution in [2.24, 2.45) is 0 Å². The third-order valence-corrected chi connectivity index (χ3v) is 5.82. The summed E-state index contributed by atoms with van der Waals surface area (Å²) >= 11 is 1.30. The Hall–Kier alpha value is -2.38. The highest BCUT2D eigenvalue weighted by molar-refractivity contribution is 7.97. The van der Waals surface area contributed by atoms with Crippen molar-refractivity contribution in [1.82, 2.24) is 4.31 Å². The van der Waals surface area contributed by atoms with Crippen LogP contribution in [0.5, 0.6) is 0 Å². The number of benzene rings is 2. The molecule has 0 spiro atoms. The van der Waals surface area contributed by atoms with E-state index in [-0.39, 0.29) is 11.7 Å². The molecule has 3 rings (SSSR count). The quantitative estimate of drug-likeness (QED) is 0.462. The fourth-order valence-corrected chi connectivity index (χ4v) is 4.59. The largest absolute Gasteiger partial charge is 0.481 e. The second kappa shape index (κ2) is 8.33. The summed E-state index contributed by atoms with van der Waals surface area (Å²) in [6.45, 7) is 0.706.